The van der Waals surface area contributed by atoms with Gasteiger partial charge in [0.1, 0.15) is 11.5 Å². The molecule has 88 valence electrons. The van der Waals surface area contributed by atoms with Crippen LogP contribution in [0.4, 0.5) is 0 Å². The van der Waals surface area contributed by atoms with E-state index in [0.29, 0.717) is 5.82 Å². The van der Waals surface area contributed by atoms with Crippen molar-refractivity contribution in [2.24, 2.45) is 0 Å². The summed E-state index contributed by atoms with van der Waals surface area (Å²) in [5.74, 6) is 1.37. The van der Waals surface area contributed by atoms with Gasteiger partial charge >= 0.3 is 0 Å². The summed E-state index contributed by atoms with van der Waals surface area (Å²) in [5.41, 5.74) is 1.73. The maximum Gasteiger partial charge on any atom is 0.178 e. The summed E-state index contributed by atoms with van der Waals surface area (Å²) in [7, 11) is 0. The van der Waals surface area contributed by atoms with Crippen molar-refractivity contribution in [2.75, 3.05) is 6.54 Å². The maximum atomic E-state index is 4.46. The lowest BCUT2D eigenvalue weighted by Gasteiger charge is -2.04. The molecule has 0 radical (unpaired) electrons. The highest BCUT2D eigenvalue weighted by atomic mass is 15.0. The van der Waals surface area contributed by atoms with Gasteiger partial charge < -0.3 is 5.32 Å². The molecule has 0 fully saturated rings. The van der Waals surface area contributed by atoms with Gasteiger partial charge in [-0.3, -0.25) is 0 Å². The fourth-order valence-electron chi connectivity index (χ4n) is 1.45. The minimum atomic E-state index is 0.644. The highest BCUT2D eigenvalue weighted by Gasteiger charge is 2.04. The molecule has 0 bridgehead atoms. The second kappa shape index (κ2) is 5.45. The zero-order valence-electron chi connectivity index (χ0n) is 10.0. The molecule has 5 heteroatoms. The minimum Gasteiger partial charge on any atom is -0.311 e. The molecule has 0 unspecified atom stereocenters. The van der Waals surface area contributed by atoms with Crippen LogP contribution in [0.15, 0.2) is 24.5 Å². The quantitative estimate of drug-likeness (QED) is 0.857. The lowest BCUT2D eigenvalue weighted by Crippen LogP contribution is -2.13. The Morgan fingerprint density at radius 1 is 1.12 bits per heavy atom. The molecule has 0 aliphatic rings. The number of nitrogens with one attached hydrogen (secondary N) is 1. The number of hydrogen-bond acceptors (Lipinski definition) is 5. The number of rotatable bonds is 4. The van der Waals surface area contributed by atoms with E-state index < -0.39 is 0 Å². The van der Waals surface area contributed by atoms with E-state index in [1.165, 1.54) is 0 Å². The van der Waals surface area contributed by atoms with E-state index in [9.17, 15) is 0 Å². The normalized spacial score (nSPS) is 10.5. The molecule has 2 rings (SSSR count). The van der Waals surface area contributed by atoms with Gasteiger partial charge in [-0.15, -0.1) is 0 Å². The molecule has 0 aliphatic heterocycles. The third-order valence-corrected chi connectivity index (χ3v) is 2.27. The molecule has 0 aliphatic carbocycles. The molecule has 2 heterocycles. The van der Waals surface area contributed by atoms with Gasteiger partial charge in [-0.25, -0.2) is 19.9 Å². The molecule has 0 amide bonds. The first-order chi connectivity index (χ1) is 8.29. The van der Waals surface area contributed by atoms with Crippen molar-refractivity contribution in [3.05, 3.63) is 36.0 Å². The average molecular weight is 229 g/mol. The lowest BCUT2D eigenvalue weighted by molar-refractivity contribution is 0.709. The fourth-order valence-corrected chi connectivity index (χ4v) is 1.45. The van der Waals surface area contributed by atoms with Gasteiger partial charge in [0, 0.05) is 18.9 Å². The van der Waals surface area contributed by atoms with Crippen LogP contribution in [0, 0.1) is 6.92 Å². The van der Waals surface area contributed by atoms with E-state index in [-0.39, 0.29) is 0 Å². The van der Waals surface area contributed by atoms with E-state index in [0.717, 1.165) is 30.3 Å². The van der Waals surface area contributed by atoms with Crippen LogP contribution in [0.25, 0.3) is 11.5 Å². The van der Waals surface area contributed by atoms with Crippen molar-refractivity contribution in [1.82, 2.24) is 25.3 Å². The molecule has 5 nitrogen and oxygen atoms in total. The molecule has 0 saturated heterocycles. The zero-order valence-corrected chi connectivity index (χ0v) is 10.0. The van der Waals surface area contributed by atoms with Crippen LogP contribution in [-0.4, -0.2) is 26.5 Å². The summed E-state index contributed by atoms with van der Waals surface area (Å²) in [6.45, 7) is 5.59. The molecule has 2 aromatic heterocycles. The molecular weight excluding hydrogens is 214 g/mol. The molecule has 0 atom stereocenters. The van der Waals surface area contributed by atoms with Crippen molar-refractivity contribution >= 4 is 0 Å². The van der Waals surface area contributed by atoms with Crippen LogP contribution in [0.3, 0.4) is 0 Å². The van der Waals surface area contributed by atoms with Gasteiger partial charge in [0.05, 0.1) is 5.69 Å². The summed E-state index contributed by atoms with van der Waals surface area (Å²) in [4.78, 5) is 17.1. The second-order valence-electron chi connectivity index (χ2n) is 3.64. The largest absolute Gasteiger partial charge is 0.311 e. The van der Waals surface area contributed by atoms with Gasteiger partial charge in [0.15, 0.2) is 5.82 Å². The van der Waals surface area contributed by atoms with E-state index in [2.05, 4.69) is 32.2 Å². The average Bonchev–Trinajstić information content (AvgIpc) is 2.37. The Balaban J connectivity index is 2.26. The Bertz CT molecular complexity index is 498. The van der Waals surface area contributed by atoms with Crippen LogP contribution >= 0.6 is 0 Å². The molecule has 1 N–H and O–H groups in total. The SMILES string of the molecule is CCNCc1ccnc(-c2ccnc(C)n2)n1. The van der Waals surface area contributed by atoms with E-state index in [1.54, 1.807) is 12.4 Å². The van der Waals surface area contributed by atoms with E-state index >= 15 is 0 Å². The number of aryl methyl sites for hydroxylation is 1. The highest BCUT2D eigenvalue weighted by Crippen LogP contribution is 2.10. The van der Waals surface area contributed by atoms with Crippen LogP contribution in [-0.2, 0) is 6.54 Å². The first-order valence-electron chi connectivity index (χ1n) is 5.62. The van der Waals surface area contributed by atoms with Crippen LogP contribution < -0.4 is 5.32 Å². The summed E-state index contributed by atoms with van der Waals surface area (Å²) in [6, 6.07) is 3.72. The Kier molecular flexibility index (Phi) is 3.72. The van der Waals surface area contributed by atoms with Gasteiger partial charge in [0.2, 0.25) is 0 Å². The van der Waals surface area contributed by atoms with Crippen LogP contribution in [0.2, 0.25) is 0 Å². The Labute approximate surface area is 100 Å². The predicted molar refractivity (Wildman–Crippen MR) is 65.2 cm³/mol. The van der Waals surface area contributed by atoms with Crippen molar-refractivity contribution in [3.8, 4) is 11.5 Å². The third-order valence-electron chi connectivity index (χ3n) is 2.27. The van der Waals surface area contributed by atoms with Gasteiger partial charge in [-0.05, 0) is 25.6 Å². The second-order valence-corrected chi connectivity index (χ2v) is 3.64. The van der Waals surface area contributed by atoms with Crippen LogP contribution in [0.1, 0.15) is 18.4 Å². The summed E-state index contributed by atoms with van der Waals surface area (Å²) in [6.07, 6.45) is 3.48. The van der Waals surface area contributed by atoms with Gasteiger partial charge in [-0.1, -0.05) is 6.92 Å². The standard InChI is InChI=1S/C12H15N5/c1-3-13-8-10-4-6-15-12(17-10)11-5-7-14-9(2)16-11/h4-7,13H,3,8H2,1-2H3. The Morgan fingerprint density at radius 3 is 2.71 bits per heavy atom. The van der Waals surface area contributed by atoms with E-state index in [1.807, 2.05) is 19.1 Å². The van der Waals surface area contributed by atoms with Crippen molar-refractivity contribution < 1.29 is 0 Å². The van der Waals surface area contributed by atoms with Gasteiger partial charge in [0.25, 0.3) is 0 Å². The monoisotopic (exact) mass is 229 g/mol. The number of nitrogens with zero attached hydrogens (tertiary/aromatic N) is 4. The molecule has 0 aromatic carbocycles. The van der Waals surface area contributed by atoms with Crippen molar-refractivity contribution in [2.45, 2.75) is 20.4 Å². The lowest BCUT2D eigenvalue weighted by atomic mass is 10.3. The number of aromatic nitrogens is 4. The van der Waals surface area contributed by atoms with E-state index in [4.69, 9.17) is 0 Å². The molecule has 0 saturated carbocycles. The number of hydrogen-bond donors (Lipinski definition) is 1. The summed E-state index contributed by atoms with van der Waals surface area (Å²) in [5, 5.41) is 3.23. The van der Waals surface area contributed by atoms with Crippen molar-refractivity contribution in [3.63, 3.8) is 0 Å². The van der Waals surface area contributed by atoms with Crippen LogP contribution in [0.5, 0.6) is 0 Å². The first-order valence-corrected chi connectivity index (χ1v) is 5.62. The highest BCUT2D eigenvalue weighted by molar-refractivity contribution is 5.47. The molecular formula is C12H15N5. The Hall–Kier alpha value is -1.88. The topological polar surface area (TPSA) is 63.6 Å². The van der Waals surface area contributed by atoms with Gasteiger partial charge in [-0.2, -0.15) is 0 Å². The summed E-state index contributed by atoms with van der Waals surface area (Å²) < 4.78 is 0. The smallest absolute Gasteiger partial charge is 0.178 e. The first kappa shape index (κ1) is 11.6. The third kappa shape index (κ3) is 3.04. The maximum absolute atomic E-state index is 4.46. The molecule has 0 spiro atoms. The molecule has 17 heavy (non-hydrogen) atoms. The predicted octanol–water partition coefficient (Wildman–Crippen LogP) is 1.35. The fraction of sp³-hybridized carbons (Fsp3) is 0.333. The Morgan fingerprint density at radius 2 is 1.94 bits per heavy atom. The zero-order chi connectivity index (χ0) is 12.1. The minimum absolute atomic E-state index is 0.644. The summed E-state index contributed by atoms with van der Waals surface area (Å²) >= 11 is 0. The molecule has 2 aromatic rings. The van der Waals surface area contributed by atoms with Crippen molar-refractivity contribution in [1.29, 1.82) is 0 Å².